The minimum absolute atomic E-state index is 0.0114. The number of urea groups is 1. The monoisotopic (exact) mass is 346 g/mol. The number of hydrogen-bond donors (Lipinski definition) is 3. The third kappa shape index (κ3) is 6.07. The molecule has 0 aliphatic heterocycles. The normalized spacial score (nSPS) is 25.0. The minimum Gasteiger partial charge on any atom is -0.392 e. The molecule has 1 fully saturated rings. The molecule has 6 heteroatoms. The van der Waals surface area contributed by atoms with Crippen LogP contribution in [-0.4, -0.2) is 45.0 Å². The summed E-state index contributed by atoms with van der Waals surface area (Å²) in [5.41, 5.74) is -0.385. The van der Waals surface area contributed by atoms with Crippen molar-refractivity contribution in [3.8, 4) is 0 Å². The Bertz CT molecular complexity index is 413. The molecule has 3 N–H and O–H groups in total. The Hall–Kier alpha value is -0.620. The van der Waals surface area contributed by atoms with E-state index in [1.165, 1.54) is 0 Å². The lowest BCUT2D eigenvalue weighted by molar-refractivity contribution is 0.0151. The first-order chi connectivity index (χ1) is 10.7. The van der Waals surface area contributed by atoms with E-state index < -0.39 is 16.9 Å². The van der Waals surface area contributed by atoms with E-state index in [1.807, 2.05) is 34.6 Å². The van der Waals surface area contributed by atoms with E-state index >= 15 is 0 Å². The molecule has 0 spiro atoms. The Labute approximate surface area is 143 Å². The maximum atomic E-state index is 12.2. The summed E-state index contributed by atoms with van der Waals surface area (Å²) in [6, 6.07) is -0.235. The first-order valence-electron chi connectivity index (χ1n) is 8.78. The Morgan fingerprint density at radius 2 is 1.91 bits per heavy atom. The summed E-state index contributed by atoms with van der Waals surface area (Å²) in [4.78, 5) is 12.2. The lowest BCUT2D eigenvalue weighted by Gasteiger charge is -2.34. The molecular formula is C17H34N2O3S. The van der Waals surface area contributed by atoms with Crippen LogP contribution in [0.15, 0.2) is 0 Å². The standard InChI is InChI=1S/C17H34N2O3S/c1-6-23(22)14-10-8-7-9-13(14)19-16(21)18-11-17(4,5)15(20)12(2)3/h12-15,20H,6-11H2,1-5H3,(H2,18,19,21). The molecule has 2 amide bonds. The third-order valence-electron chi connectivity index (χ3n) is 4.78. The lowest BCUT2D eigenvalue weighted by atomic mass is 9.81. The van der Waals surface area contributed by atoms with Crippen molar-refractivity contribution in [2.24, 2.45) is 11.3 Å². The largest absolute Gasteiger partial charge is 0.392 e. The van der Waals surface area contributed by atoms with E-state index in [9.17, 15) is 14.1 Å². The second-order valence-electron chi connectivity index (χ2n) is 7.60. The number of carbonyl (C=O) groups is 1. The fourth-order valence-corrected chi connectivity index (χ4v) is 4.75. The second-order valence-corrected chi connectivity index (χ2v) is 9.55. The smallest absolute Gasteiger partial charge is 0.315 e. The van der Waals surface area contributed by atoms with Gasteiger partial charge < -0.3 is 15.7 Å². The Balaban J connectivity index is 2.53. The molecule has 0 aromatic heterocycles. The topological polar surface area (TPSA) is 78.4 Å². The van der Waals surface area contributed by atoms with Crippen LogP contribution in [0.2, 0.25) is 0 Å². The molecule has 4 atom stereocenters. The highest BCUT2D eigenvalue weighted by molar-refractivity contribution is 7.85. The van der Waals surface area contributed by atoms with E-state index in [0.29, 0.717) is 12.3 Å². The number of rotatable bonds is 7. The van der Waals surface area contributed by atoms with Gasteiger partial charge in [0.1, 0.15) is 0 Å². The number of hydrogen-bond acceptors (Lipinski definition) is 3. The molecule has 0 heterocycles. The van der Waals surface area contributed by atoms with E-state index in [0.717, 1.165) is 25.7 Å². The van der Waals surface area contributed by atoms with Gasteiger partial charge >= 0.3 is 6.03 Å². The van der Waals surface area contributed by atoms with Crippen LogP contribution in [-0.2, 0) is 10.8 Å². The van der Waals surface area contributed by atoms with Crippen LogP contribution < -0.4 is 10.6 Å². The molecule has 0 bridgehead atoms. The fraction of sp³-hybridized carbons (Fsp3) is 0.941. The van der Waals surface area contributed by atoms with Gasteiger partial charge in [-0.1, -0.05) is 47.5 Å². The van der Waals surface area contributed by atoms with E-state index in [1.54, 1.807) is 0 Å². The average Bonchev–Trinajstić information content (AvgIpc) is 2.52. The summed E-state index contributed by atoms with van der Waals surface area (Å²) < 4.78 is 12.1. The Morgan fingerprint density at radius 1 is 1.30 bits per heavy atom. The summed E-state index contributed by atoms with van der Waals surface area (Å²) in [7, 11) is -0.877. The molecule has 23 heavy (non-hydrogen) atoms. The fourth-order valence-electron chi connectivity index (χ4n) is 3.33. The molecule has 136 valence electrons. The van der Waals surface area contributed by atoms with Crippen molar-refractivity contribution in [3.63, 3.8) is 0 Å². The van der Waals surface area contributed by atoms with Crippen LogP contribution >= 0.6 is 0 Å². The first-order valence-corrected chi connectivity index (χ1v) is 10.2. The van der Waals surface area contributed by atoms with Gasteiger partial charge in [-0.25, -0.2) is 4.79 Å². The zero-order chi connectivity index (χ0) is 17.6. The molecule has 0 aromatic carbocycles. The van der Waals surface area contributed by atoms with Crippen molar-refractivity contribution in [1.29, 1.82) is 0 Å². The Morgan fingerprint density at radius 3 is 2.48 bits per heavy atom. The zero-order valence-electron chi connectivity index (χ0n) is 15.2. The quantitative estimate of drug-likeness (QED) is 0.662. The predicted octanol–water partition coefficient (Wildman–Crippen LogP) is 2.41. The molecule has 1 aliphatic rings. The van der Waals surface area contributed by atoms with E-state index in [2.05, 4.69) is 10.6 Å². The van der Waals surface area contributed by atoms with Crippen LogP contribution in [0.5, 0.6) is 0 Å². The van der Waals surface area contributed by atoms with E-state index in [-0.39, 0.29) is 28.7 Å². The van der Waals surface area contributed by atoms with Crippen LogP contribution in [0.4, 0.5) is 4.79 Å². The summed E-state index contributed by atoms with van der Waals surface area (Å²) in [5, 5.41) is 16.2. The van der Waals surface area contributed by atoms with Gasteiger partial charge in [-0.3, -0.25) is 4.21 Å². The number of amides is 2. The van der Waals surface area contributed by atoms with Gasteiger partial charge in [0.05, 0.1) is 11.4 Å². The number of nitrogens with one attached hydrogen (secondary N) is 2. The van der Waals surface area contributed by atoms with Crippen molar-refractivity contribution < 1.29 is 14.1 Å². The molecular weight excluding hydrogens is 312 g/mol. The zero-order valence-corrected chi connectivity index (χ0v) is 16.0. The maximum Gasteiger partial charge on any atom is 0.315 e. The molecule has 0 aromatic rings. The van der Waals surface area contributed by atoms with Crippen molar-refractivity contribution in [1.82, 2.24) is 10.6 Å². The third-order valence-corrected chi connectivity index (χ3v) is 6.59. The predicted molar refractivity (Wildman–Crippen MR) is 95.9 cm³/mol. The van der Waals surface area contributed by atoms with Gasteiger partial charge in [-0.15, -0.1) is 0 Å². The van der Waals surface area contributed by atoms with Gasteiger partial charge in [0.2, 0.25) is 0 Å². The molecule has 4 unspecified atom stereocenters. The van der Waals surface area contributed by atoms with Crippen molar-refractivity contribution >= 4 is 16.8 Å². The summed E-state index contributed by atoms with van der Waals surface area (Å²) in [5.74, 6) is 0.780. The highest BCUT2D eigenvalue weighted by Gasteiger charge is 2.32. The van der Waals surface area contributed by atoms with Gasteiger partial charge in [-0.05, 0) is 18.8 Å². The van der Waals surface area contributed by atoms with Gasteiger partial charge in [0, 0.05) is 34.6 Å². The molecule has 1 rings (SSSR count). The lowest BCUT2D eigenvalue weighted by Crippen LogP contribution is -2.53. The van der Waals surface area contributed by atoms with Crippen LogP contribution in [0.25, 0.3) is 0 Å². The number of carbonyl (C=O) groups excluding carboxylic acids is 1. The van der Waals surface area contributed by atoms with Gasteiger partial charge in [0.15, 0.2) is 0 Å². The maximum absolute atomic E-state index is 12.2. The molecule has 1 saturated carbocycles. The van der Waals surface area contributed by atoms with Crippen LogP contribution in [0, 0.1) is 11.3 Å². The summed E-state index contributed by atoms with van der Waals surface area (Å²) >= 11 is 0. The Kier molecular flexibility index (Phi) is 8.01. The van der Waals surface area contributed by atoms with E-state index in [4.69, 9.17) is 0 Å². The highest BCUT2D eigenvalue weighted by atomic mass is 32.2. The SMILES string of the molecule is CCS(=O)C1CCCCC1NC(=O)NCC(C)(C)C(O)C(C)C. The van der Waals surface area contributed by atoms with Crippen molar-refractivity contribution in [3.05, 3.63) is 0 Å². The molecule has 1 aliphatic carbocycles. The van der Waals surface area contributed by atoms with Crippen LogP contribution in [0.1, 0.15) is 60.3 Å². The molecule has 0 saturated heterocycles. The number of aliphatic hydroxyl groups is 1. The first kappa shape index (κ1) is 20.4. The van der Waals surface area contributed by atoms with Crippen molar-refractivity contribution in [2.45, 2.75) is 77.7 Å². The average molecular weight is 347 g/mol. The van der Waals surface area contributed by atoms with Crippen LogP contribution in [0.3, 0.4) is 0 Å². The number of aliphatic hydroxyl groups excluding tert-OH is 1. The van der Waals surface area contributed by atoms with Gasteiger partial charge in [-0.2, -0.15) is 0 Å². The summed E-state index contributed by atoms with van der Waals surface area (Å²) in [6.45, 7) is 10.2. The minimum atomic E-state index is -0.877. The highest BCUT2D eigenvalue weighted by Crippen LogP contribution is 2.25. The second kappa shape index (κ2) is 9.02. The van der Waals surface area contributed by atoms with Crippen molar-refractivity contribution in [2.75, 3.05) is 12.3 Å². The van der Waals surface area contributed by atoms with Gasteiger partial charge in [0.25, 0.3) is 0 Å². The molecule has 5 nitrogen and oxygen atoms in total. The molecule has 0 radical (unpaired) electrons. The summed E-state index contributed by atoms with van der Waals surface area (Å²) in [6.07, 6.45) is 3.49.